The zero-order valence-electron chi connectivity index (χ0n) is 10.8. The summed E-state index contributed by atoms with van der Waals surface area (Å²) in [7, 11) is 1.92. The predicted molar refractivity (Wildman–Crippen MR) is 64.5 cm³/mol. The van der Waals surface area contributed by atoms with Crippen LogP contribution in [0, 0.1) is 11.8 Å². The molecular weight excluding hydrogens is 188 g/mol. The number of nitrogens with two attached hydrogens (primary N) is 1. The maximum atomic E-state index is 11.1. The van der Waals surface area contributed by atoms with E-state index in [1.165, 1.54) is 0 Å². The Morgan fingerprint density at radius 3 is 1.80 bits per heavy atom. The zero-order chi connectivity index (χ0) is 12.1. The molecule has 0 aromatic heterocycles. The van der Waals surface area contributed by atoms with E-state index in [1.807, 2.05) is 7.05 Å². The van der Waals surface area contributed by atoms with Crippen LogP contribution in [0.15, 0.2) is 0 Å². The third-order valence-electron chi connectivity index (χ3n) is 2.64. The molecule has 90 valence electrons. The SMILES string of the molecule is CNC(CC(N)=O)(CC(C)C)CC(C)C. The lowest BCUT2D eigenvalue weighted by atomic mass is 9.79. The lowest BCUT2D eigenvalue weighted by Gasteiger charge is -2.36. The van der Waals surface area contributed by atoms with Crippen LogP contribution in [0.3, 0.4) is 0 Å². The standard InChI is InChI=1S/C12H26N2O/c1-9(2)6-12(14-5,7-10(3)4)8-11(13)15/h9-10,14H,6-8H2,1-5H3,(H2,13,15). The molecule has 0 atom stereocenters. The number of hydrogen-bond acceptors (Lipinski definition) is 2. The van der Waals surface area contributed by atoms with Gasteiger partial charge in [0.25, 0.3) is 0 Å². The fourth-order valence-corrected chi connectivity index (χ4v) is 2.42. The smallest absolute Gasteiger partial charge is 0.219 e. The summed E-state index contributed by atoms with van der Waals surface area (Å²) < 4.78 is 0. The summed E-state index contributed by atoms with van der Waals surface area (Å²) in [6.07, 6.45) is 2.41. The third-order valence-corrected chi connectivity index (χ3v) is 2.64. The average molecular weight is 214 g/mol. The van der Waals surface area contributed by atoms with Crippen molar-refractivity contribution in [3.63, 3.8) is 0 Å². The van der Waals surface area contributed by atoms with Crippen molar-refractivity contribution in [3.05, 3.63) is 0 Å². The molecule has 0 radical (unpaired) electrons. The molecule has 0 saturated carbocycles. The monoisotopic (exact) mass is 214 g/mol. The van der Waals surface area contributed by atoms with Gasteiger partial charge in [0.1, 0.15) is 0 Å². The van der Waals surface area contributed by atoms with E-state index >= 15 is 0 Å². The van der Waals surface area contributed by atoms with Gasteiger partial charge in [-0.3, -0.25) is 4.79 Å². The van der Waals surface area contributed by atoms with Crippen LogP contribution in [0.5, 0.6) is 0 Å². The fourth-order valence-electron chi connectivity index (χ4n) is 2.42. The molecule has 0 bridgehead atoms. The van der Waals surface area contributed by atoms with Gasteiger partial charge in [0, 0.05) is 12.0 Å². The molecule has 0 fully saturated rings. The number of amides is 1. The van der Waals surface area contributed by atoms with Crippen molar-refractivity contribution in [3.8, 4) is 0 Å². The summed E-state index contributed by atoms with van der Waals surface area (Å²) >= 11 is 0. The van der Waals surface area contributed by atoms with Crippen LogP contribution in [-0.2, 0) is 4.79 Å². The maximum absolute atomic E-state index is 11.1. The first-order valence-corrected chi connectivity index (χ1v) is 5.78. The molecule has 0 spiro atoms. The first-order valence-electron chi connectivity index (χ1n) is 5.78. The van der Waals surface area contributed by atoms with Gasteiger partial charge in [0.2, 0.25) is 5.91 Å². The van der Waals surface area contributed by atoms with E-state index in [0.29, 0.717) is 18.3 Å². The molecule has 0 saturated heterocycles. The fraction of sp³-hybridized carbons (Fsp3) is 0.917. The number of primary amides is 1. The van der Waals surface area contributed by atoms with Gasteiger partial charge in [0.05, 0.1) is 0 Å². The molecule has 0 aliphatic rings. The predicted octanol–water partition coefficient (Wildman–Crippen LogP) is 1.91. The third kappa shape index (κ3) is 5.78. The summed E-state index contributed by atoms with van der Waals surface area (Å²) in [6, 6.07) is 0. The first kappa shape index (κ1) is 14.4. The molecule has 0 aliphatic carbocycles. The minimum atomic E-state index is -0.217. The molecule has 3 N–H and O–H groups in total. The van der Waals surface area contributed by atoms with Crippen molar-refractivity contribution in [1.82, 2.24) is 5.32 Å². The van der Waals surface area contributed by atoms with E-state index in [0.717, 1.165) is 12.8 Å². The highest BCUT2D eigenvalue weighted by Gasteiger charge is 2.31. The number of nitrogens with one attached hydrogen (secondary N) is 1. The number of rotatable bonds is 7. The Bertz CT molecular complexity index is 190. The molecule has 0 aromatic rings. The van der Waals surface area contributed by atoms with Crippen molar-refractivity contribution >= 4 is 5.91 Å². The first-order chi connectivity index (χ1) is 6.81. The van der Waals surface area contributed by atoms with Gasteiger partial charge in [-0.15, -0.1) is 0 Å². The quantitative estimate of drug-likeness (QED) is 0.680. The molecule has 1 amide bonds. The maximum Gasteiger partial charge on any atom is 0.219 e. The van der Waals surface area contributed by atoms with Crippen molar-refractivity contribution in [1.29, 1.82) is 0 Å². The van der Waals surface area contributed by atoms with Crippen LogP contribution in [0.4, 0.5) is 0 Å². The van der Waals surface area contributed by atoms with Gasteiger partial charge in [-0.25, -0.2) is 0 Å². The molecule has 3 nitrogen and oxygen atoms in total. The van der Waals surface area contributed by atoms with Crippen LogP contribution in [0.1, 0.15) is 47.0 Å². The highest BCUT2D eigenvalue weighted by Crippen LogP contribution is 2.27. The summed E-state index contributed by atoms with van der Waals surface area (Å²) in [4.78, 5) is 11.1. The normalized spacial score (nSPS) is 12.5. The van der Waals surface area contributed by atoms with Crippen LogP contribution < -0.4 is 11.1 Å². The van der Waals surface area contributed by atoms with E-state index in [4.69, 9.17) is 5.73 Å². The second kappa shape index (κ2) is 6.11. The van der Waals surface area contributed by atoms with Crippen molar-refractivity contribution < 1.29 is 4.79 Å². The van der Waals surface area contributed by atoms with Gasteiger partial charge in [0.15, 0.2) is 0 Å². The van der Waals surface area contributed by atoms with E-state index in [-0.39, 0.29) is 11.4 Å². The van der Waals surface area contributed by atoms with Crippen molar-refractivity contribution in [2.24, 2.45) is 17.6 Å². The number of carbonyl (C=O) groups is 1. The van der Waals surface area contributed by atoms with Gasteiger partial charge in [-0.2, -0.15) is 0 Å². The Labute approximate surface area is 93.8 Å². The summed E-state index contributed by atoms with van der Waals surface area (Å²) in [5.74, 6) is 0.914. The average Bonchev–Trinajstić information content (AvgIpc) is 1.99. The Hall–Kier alpha value is -0.570. The van der Waals surface area contributed by atoms with Gasteiger partial charge < -0.3 is 11.1 Å². The second-order valence-corrected chi connectivity index (χ2v) is 5.37. The van der Waals surface area contributed by atoms with Crippen molar-refractivity contribution in [2.45, 2.75) is 52.5 Å². The van der Waals surface area contributed by atoms with E-state index in [9.17, 15) is 4.79 Å². The number of hydrogen-bond donors (Lipinski definition) is 2. The van der Waals surface area contributed by atoms with Gasteiger partial charge in [-0.1, -0.05) is 27.7 Å². The lowest BCUT2D eigenvalue weighted by molar-refractivity contribution is -0.119. The lowest BCUT2D eigenvalue weighted by Crippen LogP contribution is -2.48. The Morgan fingerprint density at radius 2 is 1.60 bits per heavy atom. The van der Waals surface area contributed by atoms with Gasteiger partial charge in [-0.05, 0) is 31.7 Å². The summed E-state index contributed by atoms with van der Waals surface area (Å²) in [5.41, 5.74) is 5.21. The molecule has 0 aromatic carbocycles. The molecule has 3 heteroatoms. The molecule has 0 heterocycles. The molecule has 0 aliphatic heterocycles. The Kier molecular flexibility index (Phi) is 5.88. The minimum Gasteiger partial charge on any atom is -0.370 e. The minimum absolute atomic E-state index is 0.117. The molecule has 0 rings (SSSR count). The van der Waals surface area contributed by atoms with Crippen LogP contribution in [0.2, 0.25) is 0 Å². The van der Waals surface area contributed by atoms with Crippen LogP contribution in [-0.4, -0.2) is 18.5 Å². The Balaban J connectivity index is 4.66. The topological polar surface area (TPSA) is 55.1 Å². The molecule has 0 unspecified atom stereocenters. The Morgan fingerprint density at radius 1 is 1.20 bits per heavy atom. The summed E-state index contributed by atoms with van der Waals surface area (Å²) in [6.45, 7) is 8.70. The van der Waals surface area contributed by atoms with E-state index < -0.39 is 0 Å². The molecular formula is C12H26N2O. The second-order valence-electron chi connectivity index (χ2n) is 5.37. The molecule has 15 heavy (non-hydrogen) atoms. The largest absolute Gasteiger partial charge is 0.370 e. The highest BCUT2D eigenvalue weighted by atomic mass is 16.1. The van der Waals surface area contributed by atoms with Crippen LogP contribution >= 0.6 is 0 Å². The van der Waals surface area contributed by atoms with Crippen LogP contribution in [0.25, 0.3) is 0 Å². The van der Waals surface area contributed by atoms with E-state index in [1.54, 1.807) is 0 Å². The van der Waals surface area contributed by atoms with Crippen molar-refractivity contribution in [2.75, 3.05) is 7.05 Å². The number of carbonyl (C=O) groups excluding carboxylic acids is 1. The summed E-state index contributed by atoms with van der Waals surface area (Å²) in [5, 5.41) is 3.31. The van der Waals surface area contributed by atoms with Gasteiger partial charge >= 0.3 is 0 Å². The highest BCUT2D eigenvalue weighted by molar-refractivity contribution is 5.75. The van der Waals surface area contributed by atoms with E-state index in [2.05, 4.69) is 33.0 Å². The zero-order valence-corrected chi connectivity index (χ0v) is 10.8.